The maximum Gasteiger partial charge on any atom is 0.237 e. The number of piperidine rings is 1. The van der Waals surface area contributed by atoms with Crippen molar-refractivity contribution in [3.05, 3.63) is 0 Å². The molecule has 0 aromatic rings. The molecular formula is C15H26N4O. The van der Waals surface area contributed by atoms with Gasteiger partial charge in [0, 0.05) is 13.1 Å². The van der Waals surface area contributed by atoms with E-state index in [2.05, 4.69) is 28.5 Å². The molecular weight excluding hydrogens is 252 g/mol. The van der Waals surface area contributed by atoms with Crippen LogP contribution in [0.15, 0.2) is 0 Å². The lowest BCUT2D eigenvalue weighted by Crippen LogP contribution is -2.47. The van der Waals surface area contributed by atoms with Gasteiger partial charge in [0.2, 0.25) is 5.91 Å². The molecule has 2 saturated heterocycles. The number of carbonyl (C=O) groups is 1. The average molecular weight is 278 g/mol. The number of nitriles is 1. The molecule has 2 rings (SSSR count). The standard InChI is InChI=1S/C15H26N4O/c1-2-13(9-16)19-8-4-5-12(11-19)10-18-15(20)14-6-3-7-17-14/h12-14,17H,2-8,10-11H2,1H3,(H,18,20). The molecule has 20 heavy (non-hydrogen) atoms. The Balaban J connectivity index is 1.75. The summed E-state index contributed by atoms with van der Waals surface area (Å²) >= 11 is 0. The molecule has 112 valence electrons. The first-order valence-electron chi connectivity index (χ1n) is 7.89. The van der Waals surface area contributed by atoms with E-state index in [9.17, 15) is 4.79 Å². The second kappa shape index (κ2) is 7.61. The highest BCUT2D eigenvalue weighted by atomic mass is 16.2. The van der Waals surface area contributed by atoms with Crippen LogP contribution in [0.5, 0.6) is 0 Å². The first-order chi connectivity index (χ1) is 9.74. The molecule has 3 unspecified atom stereocenters. The molecule has 0 aliphatic carbocycles. The van der Waals surface area contributed by atoms with Crippen molar-refractivity contribution in [1.82, 2.24) is 15.5 Å². The van der Waals surface area contributed by atoms with E-state index in [4.69, 9.17) is 5.26 Å². The number of amides is 1. The van der Waals surface area contributed by atoms with Gasteiger partial charge in [-0.15, -0.1) is 0 Å². The van der Waals surface area contributed by atoms with Gasteiger partial charge in [-0.1, -0.05) is 6.92 Å². The zero-order chi connectivity index (χ0) is 14.4. The van der Waals surface area contributed by atoms with E-state index in [-0.39, 0.29) is 18.0 Å². The highest BCUT2D eigenvalue weighted by Crippen LogP contribution is 2.19. The molecule has 2 aliphatic rings. The number of hydrogen-bond acceptors (Lipinski definition) is 4. The number of rotatable bonds is 5. The van der Waals surface area contributed by atoms with Gasteiger partial charge in [0.1, 0.15) is 0 Å². The lowest BCUT2D eigenvalue weighted by Gasteiger charge is -2.35. The quantitative estimate of drug-likeness (QED) is 0.783. The first kappa shape index (κ1) is 15.3. The molecule has 2 aliphatic heterocycles. The van der Waals surface area contributed by atoms with E-state index < -0.39 is 0 Å². The van der Waals surface area contributed by atoms with Crippen LogP contribution in [0.2, 0.25) is 0 Å². The lowest BCUT2D eigenvalue weighted by molar-refractivity contribution is -0.123. The van der Waals surface area contributed by atoms with Gasteiger partial charge in [0.05, 0.1) is 18.2 Å². The summed E-state index contributed by atoms with van der Waals surface area (Å²) in [5, 5.41) is 15.5. The van der Waals surface area contributed by atoms with Crippen molar-refractivity contribution in [2.24, 2.45) is 5.92 Å². The Morgan fingerprint density at radius 3 is 3.00 bits per heavy atom. The number of nitrogens with zero attached hydrogens (tertiary/aromatic N) is 2. The summed E-state index contributed by atoms with van der Waals surface area (Å²) in [4.78, 5) is 14.2. The molecule has 5 nitrogen and oxygen atoms in total. The number of hydrogen-bond donors (Lipinski definition) is 2. The van der Waals surface area contributed by atoms with Crippen molar-refractivity contribution >= 4 is 5.91 Å². The summed E-state index contributed by atoms with van der Waals surface area (Å²) < 4.78 is 0. The molecule has 2 fully saturated rings. The first-order valence-corrected chi connectivity index (χ1v) is 7.89. The summed E-state index contributed by atoms with van der Waals surface area (Å²) in [7, 11) is 0. The minimum Gasteiger partial charge on any atom is -0.354 e. The van der Waals surface area contributed by atoms with E-state index in [0.717, 1.165) is 58.3 Å². The molecule has 0 aromatic heterocycles. The third kappa shape index (κ3) is 3.94. The van der Waals surface area contributed by atoms with Crippen LogP contribution in [-0.4, -0.2) is 49.1 Å². The number of likely N-dealkylation sites (tertiary alicyclic amines) is 1. The smallest absolute Gasteiger partial charge is 0.237 e. The second-order valence-electron chi connectivity index (χ2n) is 5.95. The summed E-state index contributed by atoms with van der Waals surface area (Å²) in [6.45, 7) is 5.71. The van der Waals surface area contributed by atoms with Gasteiger partial charge >= 0.3 is 0 Å². The van der Waals surface area contributed by atoms with Crippen LogP contribution in [0.25, 0.3) is 0 Å². The summed E-state index contributed by atoms with van der Waals surface area (Å²) in [6, 6.07) is 2.42. The van der Waals surface area contributed by atoms with Crippen LogP contribution in [0.1, 0.15) is 39.0 Å². The van der Waals surface area contributed by atoms with Crippen LogP contribution < -0.4 is 10.6 Å². The highest BCUT2D eigenvalue weighted by Gasteiger charge is 2.26. The second-order valence-corrected chi connectivity index (χ2v) is 5.95. The van der Waals surface area contributed by atoms with Gasteiger partial charge in [0.15, 0.2) is 0 Å². The van der Waals surface area contributed by atoms with Crippen molar-refractivity contribution in [2.75, 3.05) is 26.2 Å². The normalized spacial score (nSPS) is 28.8. The van der Waals surface area contributed by atoms with Gasteiger partial charge in [-0.05, 0) is 51.1 Å². The fourth-order valence-corrected chi connectivity index (χ4v) is 3.25. The molecule has 5 heteroatoms. The van der Waals surface area contributed by atoms with E-state index in [1.165, 1.54) is 0 Å². The zero-order valence-corrected chi connectivity index (χ0v) is 12.4. The molecule has 2 N–H and O–H groups in total. The highest BCUT2D eigenvalue weighted by molar-refractivity contribution is 5.81. The largest absolute Gasteiger partial charge is 0.354 e. The summed E-state index contributed by atoms with van der Waals surface area (Å²) in [5.74, 6) is 0.628. The minimum atomic E-state index is 0.0113. The van der Waals surface area contributed by atoms with Gasteiger partial charge in [-0.25, -0.2) is 0 Å². The van der Waals surface area contributed by atoms with Crippen LogP contribution in [0.4, 0.5) is 0 Å². The van der Waals surface area contributed by atoms with E-state index in [0.29, 0.717) is 5.92 Å². The molecule has 1 amide bonds. The van der Waals surface area contributed by atoms with Crippen LogP contribution >= 0.6 is 0 Å². The van der Waals surface area contributed by atoms with E-state index in [1.54, 1.807) is 0 Å². The topological polar surface area (TPSA) is 68.2 Å². The Bertz CT molecular complexity index is 359. The summed E-state index contributed by atoms with van der Waals surface area (Å²) in [5.41, 5.74) is 0. The molecule has 0 aromatic carbocycles. The van der Waals surface area contributed by atoms with E-state index >= 15 is 0 Å². The fourth-order valence-electron chi connectivity index (χ4n) is 3.25. The zero-order valence-electron chi connectivity index (χ0n) is 12.4. The lowest BCUT2D eigenvalue weighted by atomic mass is 9.96. The number of carbonyl (C=O) groups excluding carboxylic acids is 1. The van der Waals surface area contributed by atoms with Gasteiger partial charge in [-0.3, -0.25) is 9.69 Å². The van der Waals surface area contributed by atoms with Crippen molar-refractivity contribution < 1.29 is 4.79 Å². The Morgan fingerprint density at radius 1 is 1.50 bits per heavy atom. The Morgan fingerprint density at radius 2 is 2.35 bits per heavy atom. The Hall–Kier alpha value is -1.12. The van der Waals surface area contributed by atoms with Gasteiger partial charge in [-0.2, -0.15) is 5.26 Å². The van der Waals surface area contributed by atoms with Crippen molar-refractivity contribution in [3.63, 3.8) is 0 Å². The van der Waals surface area contributed by atoms with Gasteiger partial charge in [0.25, 0.3) is 0 Å². The number of nitrogens with one attached hydrogen (secondary N) is 2. The maximum atomic E-state index is 12.0. The molecule has 0 saturated carbocycles. The monoisotopic (exact) mass is 278 g/mol. The molecule has 3 atom stereocenters. The van der Waals surface area contributed by atoms with Crippen LogP contribution in [-0.2, 0) is 4.79 Å². The third-order valence-electron chi connectivity index (χ3n) is 4.47. The van der Waals surface area contributed by atoms with Crippen molar-refractivity contribution in [2.45, 2.75) is 51.1 Å². The Kier molecular flexibility index (Phi) is 5.81. The van der Waals surface area contributed by atoms with E-state index in [1.807, 2.05) is 0 Å². The molecule has 2 heterocycles. The SMILES string of the molecule is CCC(C#N)N1CCCC(CNC(=O)C2CCCN2)C1. The fraction of sp³-hybridized carbons (Fsp3) is 0.867. The van der Waals surface area contributed by atoms with Crippen LogP contribution in [0, 0.1) is 17.2 Å². The maximum absolute atomic E-state index is 12.0. The van der Waals surface area contributed by atoms with Gasteiger partial charge < -0.3 is 10.6 Å². The molecule has 0 radical (unpaired) electrons. The summed E-state index contributed by atoms with van der Waals surface area (Å²) in [6.07, 6.45) is 5.20. The van der Waals surface area contributed by atoms with Crippen molar-refractivity contribution in [1.29, 1.82) is 5.26 Å². The Labute approximate surface area is 121 Å². The molecule has 0 bridgehead atoms. The predicted octanol–water partition coefficient (Wildman–Crippen LogP) is 0.869. The van der Waals surface area contributed by atoms with Crippen molar-refractivity contribution in [3.8, 4) is 6.07 Å². The molecule has 0 spiro atoms. The third-order valence-corrected chi connectivity index (χ3v) is 4.47. The minimum absolute atomic E-state index is 0.0113. The van der Waals surface area contributed by atoms with Crippen LogP contribution in [0.3, 0.4) is 0 Å². The predicted molar refractivity (Wildman–Crippen MR) is 78.0 cm³/mol. The average Bonchev–Trinajstić information content (AvgIpc) is 3.01.